The van der Waals surface area contributed by atoms with E-state index in [2.05, 4.69) is 15.6 Å². The van der Waals surface area contributed by atoms with E-state index < -0.39 is 30.4 Å². The van der Waals surface area contributed by atoms with Crippen molar-refractivity contribution < 1.29 is 19.1 Å². The predicted octanol–water partition coefficient (Wildman–Crippen LogP) is 2.48. The number of amidine groups is 1. The van der Waals surface area contributed by atoms with E-state index >= 15 is 0 Å². The van der Waals surface area contributed by atoms with Crippen LogP contribution >= 0.6 is 11.6 Å². The lowest BCUT2D eigenvalue weighted by Gasteiger charge is -2.19. The molecular formula is C19H20ClFN4O3. The minimum atomic E-state index is -0.765. The van der Waals surface area contributed by atoms with Crippen LogP contribution in [0.4, 0.5) is 14.9 Å². The quantitative estimate of drug-likeness (QED) is 0.417. The molecule has 0 heterocycles. The summed E-state index contributed by atoms with van der Waals surface area (Å²) >= 11 is 5.88. The number of hydrogen-bond donors (Lipinski definition) is 4. The number of carbonyl (C=O) groups is 2. The molecule has 0 aliphatic rings. The third-order valence-electron chi connectivity index (χ3n) is 3.69. The van der Waals surface area contributed by atoms with Crippen LogP contribution in [-0.4, -0.2) is 35.5 Å². The van der Waals surface area contributed by atoms with Crippen molar-refractivity contribution in [3.8, 4) is 0 Å². The first-order valence-corrected chi connectivity index (χ1v) is 8.77. The van der Waals surface area contributed by atoms with Gasteiger partial charge in [-0.15, -0.1) is 0 Å². The minimum absolute atomic E-state index is 0.0138. The van der Waals surface area contributed by atoms with Gasteiger partial charge in [-0.05, 0) is 48.4 Å². The van der Waals surface area contributed by atoms with Crippen molar-refractivity contribution in [2.45, 2.75) is 18.9 Å². The molecule has 148 valence electrons. The molecule has 2 aromatic rings. The van der Waals surface area contributed by atoms with Crippen LogP contribution in [-0.2, 0) is 11.2 Å². The molecule has 0 saturated carbocycles. The van der Waals surface area contributed by atoms with Crippen LogP contribution in [0.5, 0.6) is 0 Å². The van der Waals surface area contributed by atoms with Crippen molar-refractivity contribution in [3.63, 3.8) is 0 Å². The van der Waals surface area contributed by atoms with Crippen molar-refractivity contribution in [2.24, 2.45) is 10.7 Å². The van der Waals surface area contributed by atoms with E-state index in [9.17, 15) is 14.0 Å². The van der Waals surface area contributed by atoms with Crippen molar-refractivity contribution in [1.29, 1.82) is 0 Å². The fraction of sp³-hybridized carbons (Fsp3) is 0.211. The fourth-order valence-corrected chi connectivity index (χ4v) is 2.58. The first-order valence-electron chi connectivity index (χ1n) is 8.40. The van der Waals surface area contributed by atoms with Crippen molar-refractivity contribution in [1.82, 2.24) is 5.32 Å². The Hall–Kier alpha value is -2.97. The van der Waals surface area contributed by atoms with Crippen LogP contribution in [0.1, 0.15) is 12.0 Å². The summed E-state index contributed by atoms with van der Waals surface area (Å²) < 4.78 is 13.0. The number of amides is 3. The third kappa shape index (κ3) is 7.34. The van der Waals surface area contributed by atoms with Gasteiger partial charge in [0.2, 0.25) is 0 Å². The number of carbonyl (C=O) groups excluding carboxylic acids is 2. The summed E-state index contributed by atoms with van der Waals surface area (Å²) in [6.07, 6.45) is 0.489. The monoisotopic (exact) mass is 406 g/mol. The number of hydrogen-bond acceptors (Lipinski definition) is 3. The summed E-state index contributed by atoms with van der Waals surface area (Å²) in [5.41, 5.74) is 7.06. The summed E-state index contributed by atoms with van der Waals surface area (Å²) in [5.74, 6) is -1.19. The van der Waals surface area contributed by atoms with Crippen molar-refractivity contribution >= 4 is 35.1 Å². The number of anilines is 1. The largest absolute Gasteiger partial charge is 0.387 e. The first-order chi connectivity index (χ1) is 13.4. The molecule has 1 atom stereocenters. The highest BCUT2D eigenvalue weighted by Gasteiger charge is 2.16. The summed E-state index contributed by atoms with van der Waals surface area (Å²) in [5, 5.41) is 14.7. The topological polar surface area (TPSA) is 117 Å². The van der Waals surface area contributed by atoms with Gasteiger partial charge in [0.05, 0.1) is 0 Å². The van der Waals surface area contributed by atoms with Gasteiger partial charge in [-0.2, -0.15) is 4.99 Å². The minimum Gasteiger partial charge on any atom is -0.387 e. The number of nitrogens with two attached hydrogens (primary N) is 1. The van der Waals surface area contributed by atoms with Gasteiger partial charge >= 0.3 is 6.03 Å². The zero-order valence-corrected chi connectivity index (χ0v) is 15.6. The average Bonchev–Trinajstić information content (AvgIpc) is 2.65. The molecule has 0 spiro atoms. The fourth-order valence-electron chi connectivity index (χ4n) is 2.46. The summed E-state index contributed by atoms with van der Waals surface area (Å²) in [6.45, 7) is -0.749. The van der Waals surface area contributed by atoms with E-state index in [0.717, 1.165) is 5.56 Å². The molecule has 0 unspecified atom stereocenters. The van der Waals surface area contributed by atoms with Crippen molar-refractivity contribution in [2.75, 3.05) is 11.9 Å². The van der Waals surface area contributed by atoms with E-state index in [1.54, 1.807) is 24.3 Å². The van der Waals surface area contributed by atoms with Gasteiger partial charge in [-0.25, -0.2) is 9.18 Å². The highest BCUT2D eigenvalue weighted by molar-refractivity contribution is 6.30. The molecule has 0 bridgehead atoms. The standard InChI is InChI=1S/C19H20ClFN4O3/c20-13-3-1-12(2-4-13)9-16(10-17(22)25-18(27)11-26)24-19(28)23-15-7-5-14(21)6-8-15/h1-8,16,26H,9-11H2,(H2,22,25,27)(H2,23,24,28)/t16-/m0/s1. The number of nitrogens with zero attached hydrogens (tertiary/aromatic N) is 1. The van der Waals surface area contributed by atoms with Crippen LogP contribution in [0.3, 0.4) is 0 Å². The lowest BCUT2D eigenvalue weighted by molar-refractivity contribution is -0.120. The van der Waals surface area contributed by atoms with Gasteiger partial charge in [-0.1, -0.05) is 23.7 Å². The summed E-state index contributed by atoms with van der Waals surface area (Å²) in [6, 6.07) is 11.4. The van der Waals surface area contributed by atoms with Crippen LogP contribution in [0.25, 0.3) is 0 Å². The Labute approximate surface area is 166 Å². The second-order valence-corrected chi connectivity index (χ2v) is 6.43. The van der Waals surface area contributed by atoms with E-state index in [-0.39, 0.29) is 12.3 Å². The molecule has 5 N–H and O–H groups in total. The summed E-state index contributed by atoms with van der Waals surface area (Å²) in [4.78, 5) is 27.1. The third-order valence-corrected chi connectivity index (χ3v) is 3.94. The number of aliphatic hydroxyl groups excluding tert-OH is 1. The van der Waals surface area contributed by atoms with Crippen LogP contribution in [0.15, 0.2) is 53.5 Å². The molecule has 0 saturated heterocycles. The molecule has 9 heteroatoms. The number of aliphatic hydroxyl groups is 1. The summed E-state index contributed by atoms with van der Waals surface area (Å²) in [7, 11) is 0. The number of aliphatic imine (C=N–C) groups is 1. The maximum atomic E-state index is 13.0. The Morgan fingerprint density at radius 2 is 1.79 bits per heavy atom. The zero-order chi connectivity index (χ0) is 20.5. The Bertz CT molecular complexity index is 841. The maximum Gasteiger partial charge on any atom is 0.319 e. The van der Waals surface area contributed by atoms with Gasteiger partial charge in [0.25, 0.3) is 5.91 Å². The molecule has 0 radical (unpaired) electrons. The predicted molar refractivity (Wildman–Crippen MR) is 106 cm³/mol. The smallest absolute Gasteiger partial charge is 0.319 e. The molecule has 3 amide bonds. The van der Waals surface area contributed by atoms with Gasteiger partial charge in [-0.3, -0.25) is 4.79 Å². The van der Waals surface area contributed by atoms with Gasteiger partial charge in [0.1, 0.15) is 18.3 Å². The Morgan fingerprint density at radius 1 is 1.14 bits per heavy atom. The molecule has 7 nitrogen and oxygen atoms in total. The highest BCUT2D eigenvalue weighted by atomic mass is 35.5. The van der Waals surface area contributed by atoms with Gasteiger partial charge in [0, 0.05) is 23.2 Å². The molecule has 28 heavy (non-hydrogen) atoms. The molecule has 0 aliphatic carbocycles. The number of urea groups is 1. The number of benzene rings is 2. The molecule has 2 rings (SSSR count). The Balaban J connectivity index is 2.08. The Kier molecular flexibility index (Phi) is 7.91. The zero-order valence-electron chi connectivity index (χ0n) is 14.9. The number of halogens is 2. The molecular weight excluding hydrogens is 387 g/mol. The highest BCUT2D eigenvalue weighted by Crippen LogP contribution is 2.13. The van der Waals surface area contributed by atoms with Gasteiger partial charge in [0.15, 0.2) is 0 Å². The second-order valence-electron chi connectivity index (χ2n) is 5.99. The lowest BCUT2D eigenvalue weighted by atomic mass is 10.0. The molecule has 2 aromatic carbocycles. The SMILES string of the molecule is NC(C[C@H](Cc1ccc(Cl)cc1)NC(=O)Nc1ccc(F)cc1)=NC(=O)CO. The normalized spacial score (nSPS) is 12.3. The van der Waals surface area contributed by atoms with Crippen LogP contribution in [0.2, 0.25) is 5.02 Å². The Morgan fingerprint density at radius 3 is 2.39 bits per heavy atom. The molecule has 0 fully saturated rings. The molecule has 0 aliphatic heterocycles. The number of rotatable bonds is 7. The van der Waals surface area contributed by atoms with Crippen molar-refractivity contribution in [3.05, 3.63) is 64.9 Å². The van der Waals surface area contributed by atoms with Gasteiger partial charge < -0.3 is 21.5 Å². The van der Waals surface area contributed by atoms with E-state index in [1.165, 1.54) is 24.3 Å². The number of nitrogens with one attached hydrogen (secondary N) is 2. The van der Waals surface area contributed by atoms with E-state index in [1.807, 2.05) is 0 Å². The lowest BCUT2D eigenvalue weighted by Crippen LogP contribution is -2.41. The average molecular weight is 407 g/mol. The van der Waals surface area contributed by atoms with Crippen LogP contribution in [0, 0.1) is 5.82 Å². The van der Waals surface area contributed by atoms with E-state index in [0.29, 0.717) is 17.1 Å². The van der Waals surface area contributed by atoms with E-state index in [4.69, 9.17) is 22.4 Å². The maximum absolute atomic E-state index is 13.0. The van der Waals surface area contributed by atoms with Crippen LogP contribution < -0.4 is 16.4 Å². The first kappa shape index (κ1) is 21.3. The molecule has 0 aromatic heterocycles. The second kappa shape index (κ2) is 10.4.